The van der Waals surface area contributed by atoms with Crippen molar-refractivity contribution in [3.05, 3.63) is 58.9 Å². The van der Waals surface area contributed by atoms with Crippen LogP contribution in [0, 0.1) is 5.82 Å². The topological polar surface area (TPSA) is 12.0 Å². The molecule has 18 heavy (non-hydrogen) atoms. The summed E-state index contributed by atoms with van der Waals surface area (Å²) in [6.45, 7) is 3.81. The molecule has 0 heterocycles. The van der Waals surface area contributed by atoms with Crippen LogP contribution in [0.15, 0.2) is 42.5 Å². The van der Waals surface area contributed by atoms with Crippen molar-refractivity contribution in [2.75, 3.05) is 6.54 Å². The Bertz CT molecular complexity index is 520. The van der Waals surface area contributed by atoms with Gasteiger partial charge in [0.1, 0.15) is 5.82 Å². The molecule has 1 N–H and O–H groups in total. The monoisotopic (exact) mass is 263 g/mol. The molecule has 94 valence electrons. The fourth-order valence-corrected chi connectivity index (χ4v) is 2.07. The summed E-state index contributed by atoms with van der Waals surface area (Å²) in [7, 11) is 0. The van der Waals surface area contributed by atoms with Gasteiger partial charge in [0.25, 0.3) is 0 Å². The number of benzene rings is 2. The zero-order valence-electron chi connectivity index (χ0n) is 10.2. The van der Waals surface area contributed by atoms with Crippen LogP contribution in [0.1, 0.15) is 12.5 Å². The fourth-order valence-electron chi connectivity index (χ4n) is 1.85. The average Bonchev–Trinajstić information content (AvgIpc) is 2.35. The third-order valence-corrected chi connectivity index (χ3v) is 2.92. The number of rotatable bonds is 4. The molecule has 0 aliphatic rings. The lowest BCUT2D eigenvalue weighted by Crippen LogP contribution is -2.11. The number of hydrogen-bond donors (Lipinski definition) is 1. The van der Waals surface area contributed by atoms with Crippen molar-refractivity contribution in [3.8, 4) is 11.1 Å². The highest BCUT2D eigenvalue weighted by Crippen LogP contribution is 2.25. The Morgan fingerprint density at radius 3 is 2.67 bits per heavy atom. The highest BCUT2D eigenvalue weighted by atomic mass is 35.5. The molecule has 0 aliphatic carbocycles. The number of hydrogen-bond acceptors (Lipinski definition) is 1. The number of halogens is 2. The lowest BCUT2D eigenvalue weighted by atomic mass is 10.0. The Hall–Kier alpha value is -1.38. The van der Waals surface area contributed by atoms with E-state index in [9.17, 15) is 4.39 Å². The van der Waals surface area contributed by atoms with Gasteiger partial charge in [-0.1, -0.05) is 36.7 Å². The minimum atomic E-state index is -0.311. The molecule has 0 aliphatic heterocycles. The van der Waals surface area contributed by atoms with Crippen molar-refractivity contribution in [2.24, 2.45) is 0 Å². The lowest BCUT2D eigenvalue weighted by Gasteiger charge is -2.07. The fraction of sp³-hybridized carbons (Fsp3) is 0.200. The quantitative estimate of drug-likeness (QED) is 0.869. The molecule has 0 aromatic heterocycles. The van der Waals surface area contributed by atoms with Crippen LogP contribution in [-0.2, 0) is 6.54 Å². The summed E-state index contributed by atoms with van der Waals surface area (Å²) < 4.78 is 13.3. The smallest absolute Gasteiger partial charge is 0.125 e. The van der Waals surface area contributed by atoms with E-state index in [4.69, 9.17) is 11.6 Å². The first-order chi connectivity index (χ1) is 8.69. The van der Waals surface area contributed by atoms with E-state index in [1.54, 1.807) is 6.07 Å². The summed E-state index contributed by atoms with van der Waals surface area (Å²) in [6.07, 6.45) is 0. The largest absolute Gasteiger partial charge is 0.313 e. The van der Waals surface area contributed by atoms with Gasteiger partial charge in [-0.3, -0.25) is 0 Å². The van der Waals surface area contributed by atoms with Crippen LogP contribution in [0.25, 0.3) is 11.1 Å². The second-order valence-corrected chi connectivity index (χ2v) is 4.58. The van der Waals surface area contributed by atoms with E-state index in [0.717, 1.165) is 24.2 Å². The van der Waals surface area contributed by atoms with Crippen molar-refractivity contribution in [1.29, 1.82) is 0 Å². The third-order valence-electron chi connectivity index (χ3n) is 2.70. The first-order valence-electron chi connectivity index (χ1n) is 5.95. The Labute approximate surface area is 112 Å². The summed E-state index contributed by atoms with van der Waals surface area (Å²) in [6, 6.07) is 12.6. The highest BCUT2D eigenvalue weighted by Gasteiger charge is 2.03. The molecule has 1 nitrogen and oxygen atoms in total. The molecule has 2 rings (SSSR count). The Morgan fingerprint density at radius 1 is 1.11 bits per heavy atom. The molecule has 0 fully saturated rings. The normalized spacial score (nSPS) is 10.6. The minimum Gasteiger partial charge on any atom is -0.313 e. The molecule has 0 saturated heterocycles. The molecule has 0 spiro atoms. The summed E-state index contributed by atoms with van der Waals surface area (Å²) in [4.78, 5) is 0. The Kier molecular flexibility index (Phi) is 4.34. The van der Waals surface area contributed by atoms with Crippen LogP contribution < -0.4 is 5.32 Å². The second-order valence-electron chi connectivity index (χ2n) is 4.14. The van der Waals surface area contributed by atoms with Crippen molar-refractivity contribution in [1.82, 2.24) is 5.32 Å². The molecule has 0 unspecified atom stereocenters. The molecule has 0 amide bonds. The summed E-state index contributed by atoms with van der Waals surface area (Å²) >= 11 is 5.87. The van der Waals surface area contributed by atoms with Crippen LogP contribution in [0.2, 0.25) is 5.02 Å². The second kappa shape index (κ2) is 5.98. The summed E-state index contributed by atoms with van der Waals surface area (Å²) in [5, 5.41) is 3.68. The molecule has 2 aromatic rings. The third kappa shape index (κ3) is 3.31. The van der Waals surface area contributed by atoms with E-state index >= 15 is 0 Å². The van der Waals surface area contributed by atoms with Crippen molar-refractivity contribution in [3.63, 3.8) is 0 Å². The molecule has 0 saturated carbocycles. The van der Waals surface area contributed by atoms with Gasteiger partial charge in [0.15, 0.2) is 0 Å². The standard InChI is InChI=1S/C15H15ClFN/c1-2-18-10-11-4-3-5-12(6-11)13-7-14(16)9-15(17)8-13/h3-9,18H,2,10H2,1H3. The van der Waals surface area contributed by atoms with Gasteiger partial charge in [-0.05, 0) is 47.5 Å². The van der Waals surface area contributed by atoms with Crippen LogP contribution in [0.5, 0.6) is 0 Å². The lowest BCUT2D eigenvalue weighted by molar-refractivity contribution is 0.628. The van der Waals surface area contributed by atoms with E-state index in [0.29, 0.717) is 5.02 Å². The van der Waals surface area contributed by atoms with Gasteiger partial charge >= 0.3 is 0 Å². The maximum absolute atomic E-state index is 13.3. The zero-order chi connectivity index (χ0) is 13.0. The molecular formula is C15H15ClFN. The first-order valence-corrected chi connectivity index (χ1v) is 6.33. The molecule has 2 aromatic carbocycles. The molecular weight excluding hydrogens is 249 g/mol. The van der Waals surface area contributed by atoms with Crippen LogP contribution in [0.4, 0.5) is 4.39 Å². The van der Waals surface area contributed by atoms with Crippen LogP contribution >= 0.6 is 11.6 Å². The van der Waals surface area contributed by atoms with E-state index in [-0.39, 0.29) is 5.82 Å². The van der Waals surface area contributed by atoms with Gasteiger partial charge in [0.05, 0.1) is 0 Å². The highest BCUT2D eigenvalue weighted by molar-refractivity contribution is 6.30. The predicted molar refractivity (Wildman–Crippen MR) is 74.2 cm³/mol. The van der Waals surface area contributed by atoms with Gasteiger partial charge in [-0.25, -0.2) is 4.39 Å². The maximum Gasteiger partial charge on any atom is 0.125 e. The van der Waals surface area contributed by atoms with Gasteiger partial charge in [0.2, 0.25) is 0 Å². The predicted octanol–water partition coefficient (Wildman–Crippen LogP) is 4.26. The summed E-state index contributed by atoms with van der Waals surface area (Å²) in [5.74, 6) is -0.311. The molecule has 0 radical (unpaired) electrons. The average molecular weight is 264 g/mol. The molecule has 0 bridgehead atoms. The Balaban J connectivity index is 2.32. The minimum absolute atomic E-state index is 0.311. The van der Waals surface area contributed by atoms with Gasteiger partial charge < -0.3 is 5.32 Å². The maximum atomic E-state index is 13.3. The number of nitrogens with one attached hydrogen (secondary N) is 1. The van der Waals surface area contributed by atoms with Gasteiger partial charge in [-0.2, -0.15) is 0 Å². The van der Waals surface area contributed by atoms with E-state index in [1.807, 2.05) is 24.3 Å². The first kappa shape index (κ1) is 13.1. The molecule has 0 atom stereocenters. The van der Waals surface area contributed by atoms with E-state index in [1.165, 1.54) is 17.7 Å². The van der Waals surface area contributed by atoms with Crippen LogP contribution in [-0.4, -0.2) is 6.54 Å². The van der Waals surface area contributed by atoms with Crippen LogP contribution in [0.3, 0.4) is 0 Å². The van der Waals surface area contributed by atoms with Gasteiger partial charge in [0, 0.05) is 11.6 Å². The Morgan fingerprint density at radius 2 is 1.94 bits per heavy atom. The van der Waals surface area contributed by atoms with E-state index < -0.39 is 0 Å². The van der Waals surface area contributed by atoms with Crippen molar-refractivity contribution < 1.29 is 4.39 Å². The van der Waals surface area contributed by atoms with Crippen molar-refractivity contribution >= 4 is 11.6 Å². The summed E-state index contributed by atoms with van der Waals surface area (Å²) in [5.41, 5.74) is 2.96. The van der Waals surface area contributed by atoms with E-state index in [2.05, 4.69) is 12.2 Å². The van der Waals surface area contributed by atoms with Crippen molar-refractivity contribution in [2.45, 2.75) is 13.5 Å². The van der Waals surface area contributed by atoms with Gasteiger partial charge in [-0.15, -0.1) is 0 Å². The SMILES string of the molecule is CCNCc1cccc(-c2cc(F)cc(Cl)c2)c1. The molecule has 3 heteroatoms. The zero-order valence-corrected chi connectivity index (χ0v) is 11.0.